The molecule has 18 heavy (non-hydrogen) atoms. The topological polar surface area (TPSA) is 21.3 Å². The van der Waals surface area contributed by atoms with Crippen LogP contribution in [0.25, 0.3) is 0 Å². The predicted molar refractivity (Wildman–Crippen MR) is 70.0 cm³/mol. The van der Waals surface area contributed by atoms with Crippen LogP contribution in [0.15, 0.2) is 18.2 Å². The minimum atomic E-state index is -0.540. The second-order valence-electron chi connectivity index (χ2n) is 4.32. The molecule has 0 radical (unpaired) electrons. The fourth-order valence-electron chi connectivity index (χ4n) is 2.08. The minimum absolute atomic E-state index is 0.0535. The van der Waals surface area contributed by atoms with Crippen LogP contribution < -0.4 is 5.32 Å². The summed E-state index contributed by atoms with van der Waals surface area (Å²) in [6.07, 6.45) is 0.589. The Balaban J connectivity index is 2.04. The maximum atomic E-state index is 13.6. The van der Waals surface area contributed by atoms with Crippen molar-refractivity contribution in [2.75, 3.05) is 25.2 Å². The largest absolute Gasteiger partial charge is 0.375 e. The highest BCUT2D eigenvalue weighted by molar-refractivity contribution is 7.99. The van der Waals surface area contributed by atoms with Gasteiger partial charge in [0.25, 0.3) is 0 Å². The fraction of sp³-hybridized carbons (Fsp3) is 0.538. The first-order chi connectivity index (χ1) is 8.70. The van der Waals surface area contributed by atoms with E-state index in [1.54, 1.807) is 0 Å². The molecule has 0 aliphatic carbocycles. The Kier molecular flexibility index (Phi) is 4.97. The summed E-state index contributed by atoms with van der Waals surface area (Å²) in [4.78, 5) is 0. The Bertz CT molecular complexity index is 397. The number of nitrogens with one attached hydrogen (secondary N) is 1. The molecule has 1 saturated heterocycles. The van der Waals surface area contributed by atoms with Crippen LogP contribution in [0, 0.1) is 11.6 Å². The lowest BCUT2D eigenvalue weighted by Crippen LogP contribution is -2.44. The molecule has 0 aromatic heterocycles. The third kappa shape index (κ3) is 3.43. The highest BCUT2D eigenvalue weighted by Gasteiger charge is 2.24. The summed E-state index contributed by atoms with van der Waals surface area (Å²) in [6, 6.07) is 3.78. The Morgan fingerprint density at radius 1 is 1.50 bits per heavy atom. The van der Waals surface area contributed by atoms with Crippen molar-refractivity contribution in [2.24, 2.45) is 0 Å². The predicted octanol–water partition coefficient (Wildman–Crippen LogP) is 2.23. The molecule has 1 N–H and O–H groups in total. The molecule has 5 heteroatoms. The van der Waals surface area contributed by atoms with E-state index in [2.05, 4.69) is 5.32 Å². The van der Waals surface area contributed by atoms with Crippen LogP contribution in [0.2, 0.25) is 0 Å². The Morgan fingerprint density at radius 3 is 2.94 bits per heavy atom. The number of likely N-dealkylation sites (N-methyl/N-ethyl adjacent to an activating group) is 1. The SMILES string of the molecule is CNC(Cc1ccc(F)cc1F)C1CSCCO1. The van der Waals surface area contributed by atoms with E-state index in [0.717, 1.165) is 24.2 Å². The summed E-state index contributed by atoms with van der Waals surface area (Å²) in [7, 11) is 1.84. The summed E-state index contributed by atoms with van der Waals surface area (Å²) in [6.45, 7) is 0.736. The van der Waals surface area contributed by atoms with Gasteiger partial charge in [-0.25, -0.2) is 8.78 Å². The molecule has 1 aromatic rings. The van der Waals surface area contributed by atoms with Crippen LogP contribution >= 0.6 is 11.8 Å². The van der Waals surface area contributed by atoms with Crippen molar-refractivity contribution in [1.29, 1.82) is 0 Å². The molecular weight excluding hydrogens is 256 g/mol. The van der Waals surface area contributed by atoms with E-state index < -0.39 is 11.6 Å². The van der Waals surface area contributed by atoms with Crippen LogP contribution in [-0.2, 0) is 11.2 Å². The molecule has 0 saturated carbocycles. The van der Waals surface area contributed by atoms with Gasteiger partial charge in [0.05, 0.1) is 12.7 Å². The zero-order valence-electron chi connectivity index (χ0n) is 10.3. The lowest BCUT2D eigenvalue weighted by Gasteiger charge is -2.30. The van der Waals surface area contributed by atoms with Crippen molar-refractivity contribution < 1.29 is 13.5 Å². The molecule has 1 heterocycles. The smallest absolute Gasteiger partial charge is 0.129 e. The maximum Gasteiger partial charge on any atom is 0.129 e. The van der Waals surface area contributed by atoms with Crippen molar-refractivity contribution in [3.8, 4) is 0 Å². The van der Waals surface area contributed by atoms with Crippen molar-refractivity contribution >= 4 is 11.8 Å². The zero-order valence-corrected chi connectivity index (χ0v) is 11.1. The lowest BCUT2D eigenvalue weighted by molar-refractivity contribution is 0.0490. The van der Waals surface area contributed by atoms with Crippen LogP contribution in [0.3, 0.4) is 0 Å². The number of ether oxygens (including phenoxy) is 1. The second kappa shape index (κ2) is 6.50. The highest BCUT2D eigenvalue weighted by Crippen LogP contribution is 2.19. The highest BCUT2D eigenvalue weighted by atomic mass is 32.2. The molecule has 1 aromatic carbocycles. The van der Waals surface area contributed by atoms with Crippen molar-refractivity contribution in [1.82, 2.24) is 5.32 Å². The molecule has 1 aliphatic heterocycles. The molecular formula is C13H17F2NOS. The fourth-order valence-corrected chi connectivity index (χ4v) is 3.02. The molecule has 2 nitrogen and oxygen atoms in total. The van der Waals surface area contributed by atoms with Gasteiger partial charge in [-0.05, 0) is 25.1 Å². The molecule has 1 aliphatic rings. The van der Waals surface area contributed by atoms with Crippen molar-refractivity contribution in [2.45, 2.75) is 18.6 Å². The maximum absolute atomic E-state index is 13.6. The molecule has 2 rings (SSSR count). The molecule has 0 bridgehead atoms. The van der Waals surface area contributed by atoms with E-state index in [9.17, 15) is 8.78 Å². The standard InChI is InChI=1S/C13H17F2NOS/c1-16-12(13-8-18-5-4-17-13)6-9-2-3-10(14)7-11(9)15/h2-3,7,12-13,16H,4-6,8H2,1H3. The van der Waals surface area contributed by atoms with Crippen LogP contribution in [-0.4, -0.2) is 37.3 Å². The average Bonchev–Trinajstić information content (AvgIpc) is 2.39. The molecule has 0 amide bonds. The van der Waals surface area contributed by atoms with Gasteiger partial charge in [0, 0.05) is 23.6 Å². The summed E-state index contributed by atoms with van der Waals surface area (Å²) >= 11 is 1.85. The second-order valence-corrected chi connectivity index (χ2v) is 5.47. The number of hydrogen-bond donors (Lipinski definition) is 1. The molecule has 2 atom stereocenters. The van der Waals surface area contributed by atoms with Crippen LogP contribution in [0.4, 0.5) is 8.78 Å². The van der Waals surface area contributed by atoms with Gasteiger partial charge in [0.2, 0.25) is 0 Å². The number of halogens is 2. The van der Waals surface area contributed by atoms with Gasteiger partial charge >= 0.3 is 0 Å². The van der Waals surface area contributed by atoms with Gasteiger partial charge in [0.15, 0.2) is 0 Å². The zero-order chi connectivity index (χ0) is 13.0. The van der Waals surface area contributed by atoms with Gasteiger partial charge in [0.1, 0.15) is 11.6 Å². The number of hydrogen-bond acceptors (Lipinski definition) is 3. The number of thioether (sulfide) groups is 1. The number of benzene rings is 1. The lowest BCUT2D eigenvalue weighted by atomic mass is 10.0. The quantitative estimate of drug-likeness (QED) is 0.909. The normalized spacial score (nSPS) is 21.8. The van der Waals surface area contributed by atoms with Crippen molar-refractivity contribution in [3.63, 3.8) is 0 Å². The first kappa shape index (κ1) is 13.8. The van der Waals surface area contributed by atoms with Gasteiger partial charge < -0.3 is 10.1 Å². The summed E-state index contributed by atoms with van der Waals surface area (Å²) in [5.74, 6) is 0.895. The van der Waals surface area contributed by atoms with Gasteiger partial charge in [-0.3, -0.25) is 0 Å². The first-order valence-electron chi connectivity index (χ1n) is 6.01. The average molecular weight is 273 g/mol. The van der Waals surface area contributed by atoms with Gasteiger partial charge in [-0.1, -0.05) is 6.07 Å². The van der Waals surface area contributed by atoms with E-state index in [1.807, 2.05) is 18.8 Å². The third-order valence-electron chi connectivity index (χ3n) is 3.12. The molecule has 100 valence electrons. The Hall–Kier alpha value is -0.650. The van der Waals surface area contributed by atoms with E-state index in [0.29, 0.717) is 12.0 Å². The van der Waals surface area contributed by atoms with E-state index in [4.69, 9.17) is 4.74 Å². The van der Waals surface area contributed by atoms with Crippen LogP contribution in [0.5, 0.6) is 0 Å². The molecule has 2 unspecified atom stereocenters. The summed E-state index contributed by atoms with van der Waals surface area (Å²) in [5, 5.41) is 3.16. The Labute approximate surface area is 110 Å². The van der Waals surface area contributed by atoms with Gasteiger partial charge in [-0.15, -0.1) is 0 Å². The molecule has 1 fully saturated rings. The monoisotopic (exact) mass is 273 g/mol. The Morgan fingerprint density at radius 2 is 2.33 bits per heavy atom. The van der Waals surface area contributed by atoms with E-state index in [1.165, 1.54) is 12.1 Å². The van der Waals surface area contributed by atoms with Gasteiger partial charge in [-0.2, -0.15) is 11.8 Å². The van der Waals surface area contributed by atoms with Crippen molar-refractivity contribution in [3.05, 3.63) is 35.4 Å². The minimum Gasteiger partial charge on any atom is -0.375 e. The molecule has 0 spiro atoms. The van der Waals surface area contributed by atoms with Crippen LogP contribution in [0.1, 0.15) is 5.56 Å². The first-order valence-corrected chi connectivity index (χ1v) is 7.16. The third-order valence-corrected chi connectivity index (χ3v) is 4.14. The summed E-state index contributed by atoms with van der Waals surface area (Å²) in [5.41, 5.74) is 0.523. The van der Waals surface area contributed by atoms with E-state index >= 15 is 0 Å². The summed E-state index contributed by atoms with van der Waals surface area (Å²) < 4.78 is 32.1. The number of rotatable bonds is 4. The van der Waals surface area contributed by atoms with E-state index in [-0.39, 0.29) is 12.1 Å².